The molecule has 0 atom stereocenters. The number of pyridine rings is 1. The van der Waals surface area contributed by atoms with Crippen molar-refractivity contribution in [3.8, 4) is 11.3 Å². The number of anilines is 2. The topological polar surface area (TPSA) is 132 Å². The molecule has 10 nitrogen and oxygen atoms in total. The number of hydrogen-bond acceptors (Lipinski definition) is 8. The molecule has 0 amide bonds. The number of nitrogens with zero attached hydrogens (tertiary/aromatic N) is 7. The molecular weight excluding hydrogens is 420 g/mol. The maximum Gasteiger partial charge on any atom is 0.258 e. The lowest BCUT2D eigenvalue weighted by Crippen LogP contribution is -2.36. The van der Waals surface area contributed by atoms with Crippen LogP contribution in [0.25, 0.3) is 27.9 Å². The van der Waals surface area contributed by atoms with Crippen LogP contribution in [-0.4, -0.2) is 57.8 Å². The lowest BCUT2D eigenvalue weighted by atomic mass is 9.84. The molecule has 168 valence electrons. The van der Waals surface area contributed by atoms with Crippen molar-refractivity contribution in [2.45, 2.75) is 57.2 Å². The Kier molecular flexibility index (Phi) is 4.88. The molecule has 1 saturated carbocycles. The SMILES string of the molecule is CC1(O)CCC(Nc2nc(N)c3c(-c4ccc5nnn(CC(F)F)c5n4)ccn3n2)CC1. The Morgan fingerprint density at radius 1 is 1.25 bits per heavy atom. The highest BCUT2D eigenvalue weighted by Gasteiger charge is 2.29. The number of aromatic nitrogens is 7. The highest BCUT2D eigenvalue weighted by molar-refractivity contribution is 5.88. The zero-order valence-corrected chi connectivity index (χ0v) is 17.4. The maximum atomic E-state index is 12.8. The van der Waals surface area contributed by atoms with E-state index in [9.17, 15) is 13.9 Å². The molecule has 4 aromatic heterocycles. The van der Waals surface area contributed by atoms with Crippen molar-refractivity contribution in [3.63, 3.8) is 0 Å². The molecule has 0 unspecified atom stereocenters. The van der Waals surface area contributed by atoms with E-state index >= 15 is 0 Å². The zero-order valence-electron chi connectivity index (χ0n) is 17.4. The summed E-state index contributed by atoms with van der Waals surface area (Å²) in [5.74, 6) is 0.678. The van der Waals surface area contributed by atoms with E-state index in [2.05, 4.69) is 30.7 Å². The Labute approximate surface area is 181 Å². The predicted octanol–water partition coefficient (Wildman–Crippen LogP) is 2.49. The molecule has 4 aromatic rings. The third-order valence-corrected chi connectivity index (χ3v) is 5.88. The molecule has 4 heterocycles. The number of halogens is 2. The van der Waals surface area contributed by atoms with E-state index in [1.54, 1.807) is 28.9 Å². The standard InChI is InChI=1S/C20H23F2N9O/c1-20(32)7-4-11(5-8-20)24-19-26-17(23)16-12(6-9-30(16)28-19)13-2-3-14-18(25-13)31(29-27-14)10-15(21)22/h2-3,6,9,11,15,32H,4-5,7-8,10H2,1H3,(H3,23,24,26,28). The van der Waals surface area contributed by atoms with Crippen LogP contribution < -0.4 is 11.1 Å². The molecule has 0 bridgehead atoms. The molecule has 5 rings (SSSR count). The predicted molar refractivity (Wildman–Crippen MR) is 114 cm³/mol. The van der Waals surface area contributed by atoms with Gasteiger partial charge in [0.15, 0.2) is 11.5 Å². The molecule has 32 heavy (non-hydrogen) atoms. The van der Waals surface area contributed by atoms with Crippen molar-refractivity contribution in [2.75, 3.05) is 11.1 Å². The van der Waals surface area contributed by atoms with Gasteiger partial charge in [0, 0.05) is 17.8 Å². The van der Waals surface area contributed by atoms with Gasteiger partial charge in [-0.3, -0.25) is 0 Å². The van der Waals surface area contributed by atoms with Gasteiger partial charge in [-0.1, -0.05) is 5.21 Å². The van der Waals surface area contributed by atoms with Gasteiger partial charge in [0.05, 0.1) is 11.3 Å². The number of nitrogen functional groups attached to an aromatic ring is 1. The van der Waals surface area contributed by atoms with E-state index in [0.717, 1.165) is 17.5 Å². The van der Waals surface area contributed by atoms with E-state index in [1.165, 1.54) is 0 Å². The highest BCUT2D eigenvalue weighted by Crippen LogP contribution is 2.31. The summed E-state index contributed by atoms with van der Waals surface area (Å²) in [6, 6.07) is 5.38. The van der Waals surface area contributed by atoms with Crippen LogP contribution in [0.2, 0.25) is 0 Å². The normalized spacial score (nSPS) is 21.6. The van der Waals surface area contributed by atoms with Gasteiger partial charge in [-0.15, -0.1) is 10.2 Å². The molecule has 0 aromatic carbocycles. The summed E-state index contributed by atoms with van der Waals surface area (Å²) >= 11 is 0. The van der Waals surface area contributed by atoms with E-state index in [1.807, 2.05) is 6.92 Å². The molecule has 0 saturated heterocycles. The fraction of sp³-hybridized carbons (Fsp3) is 0.450. The second-order valence-corrected chi connectivity index (χ2v) is 8.46. The summed E-state index contributed by atoms with van der Waals surface area (Å²) in [5.41, 5.74) is 8.13. The lowest BCUT2D eigenvalue weighted by molar-refractivity contribution is 0.0195. The van der Waals surface area contributed by atoms with Gasteiger partial charge in [-0.2, -0.15) is 4.98 Å². The largest absolute Gasteiger partial charge is 0.390 e. The Morgan fingerprint density at radius 3 is 2.78 bits per heavy atom. The second-order valence-electron chi connectivity index (χ2n) is 8.46. The van der Waals surface area contributed by atoms with Crippen LogP contribution in [0.1, 0.15) is 32.6 Å². The average molecular weight is 443 g/mol. The molecule has 4 N–H and O–H groups in total. The third kappa shape index (κ3) is 3.81. The van der Waals surface area contributed by atoms with E-state index < -0.39 is 18.6 Å². The number of fused-ring (bicyclic) bond motifs is 2. The van der Waals surface area contributed by atoms with Crippen LogP contribution in [0.4, 0.5) is 20.5 Å². The van der Waals surface area contributed by atoms with Crippen LogP contribution >= 0.6 is 0 Å². The highest BCUT2D eigenvalue weighted by atomic mass is 19.3. The lowest BCUT2D eigenvalue weighted by Gasteiger charge is -2.33. The Bertz CT molecular complexity index is 1270. The first-order valence-corrected chi connectivity index (χ1v) is 10.4. The Balaban J connectivity index is 1.46. The van der Waals surface area contributed by atoms with Crippen LogP contribution in [-0.2, 0) is 6.54 Å². The molecule has 1 aliphatic carbocycles. The van der Waals surface area contributed by atoms with Crippen molar-refractivity contribution in [1.29, 1.82) is 0 Å². The third-order valence-electron chi connectivity index (χ3n) is 5.88. The van der Waals surface area contributed by atoms with Crippen LogP contribution in [0.5, 0.6) is 0 Å². The molecule has 1 fully saturated rings. The van der Waals surface area contributed by atoms with E-state index in [-0.39, 0.29) is 17.5 Å². The molecule has 12 heteroatoms. The minimum atomic E-state index is -2.56. The van der Waals surface area contributed by atoms with Crippen molar-refractivity contribution >= 4 is 28.4 Å². The molecule has 0 spiro atoms. The number of rotatable bonds is 5. The Morgan fingerprint density at radius 2 is 2.03 bits per heavy atom. The van der Waals surface area contributed by atoms with Gasteiger partial charge in [0.2, 0.25) is 5.95 Å². The maximum absolute atomic E-state index is 12.8. The summed E-state index contributed by atoms with van der Waals surface area (Å²) < 4.78 is 28.4. The number of hydrogen-bond donors (Lipinski definition) is 3. The van der Waals surface area contributed by atoms with Gasteiger partial charge in [0.1, 0.15) is 17.6 Å². The quantitative estimate of drug-likeness (QED) is 0.429. The summed E-state index contributed by atoms with van der Waals surface area (Å²) in [6.45, 7) is 1.27. The van der Waals surface area contributed by atoms with Gasteiger partial charge >= 0.3 is 0 Å². The minimum Gasteiger partial charge on any atom is -0.390 e. The zero-order chi connectivity index (χ0) is 22.5. The first kappa shape index (κ1) is 20.5. The summed E-state index contributed by atoms with van der Waals surface area (Å²) in [6.07, 6.45) is 2.24. The Hall–Kier alpha value is -3.41. The molecule has 0 radical (unpaired) electrons. The monoisotopic (exact) mass is 443 g/mol. The van der Waals surface area contributed by atoms with Crippen molar-refractivity contribution in [2.24, 2.45) is 0 Å². The smallest absolute Gasteiger partial charge is 0.258 e. The average Bonchev–Trinajstić information content (AvgIpc) is 3.33. The van der Waals surface area contributed by atoms with E-state index in [0.29, 0.717) is 41.1 Å². The summed E-state index contributed by atoms with van der Waals surface area (Å²) in [7, 11) is 0. The first-order chi connectivity index (χ1) is 15.3. The molecule has 0 aliphatic heterocycles. The van der Waals surface area contributed by atoms with Crippen LogP contribution in [0.3, 0.4) is 0 Å². The first-order valence-electron chi connectivity index (χ1n) is 10.4. The van der Waals surface area contributed by atoms with Crippen molar-refractivity contribution in [1.82, 2.24) is 34.6 Å². The molecule has 1 aliphatic rings. The summed E-state index contributed by atoms with van der Waals surface area (Å²) in [5, 5.41) is 25.6. The fourth-order valence-corrected chi connectivity index (χ4v) is 4.14. The van der Waals surface area contributed by atoms with Crippen LogP contribution in [0.15, 0.2) is 24.4 Å². The van der Waals surface area contributed by atoms with Crippen LogP contribution in [0, 0.1) is 0 Å². The van der Waals surface area contributed by atoms with Crippen molar-refractivity contribution in [3.05, 3.63) is 24.4 Å². The van der Waals surface area contributed by atoms with Gasteiger partial charge in [-0.05, 0) is 50.8 Å². The van der Waals surface area contributed by atoms with Crippen molar-refractivity contribution < 1.29 is 13.9 Å². The van der Waals surface area contributed by atoms with Gasteiger partial charge < -0.3 is 16.2 Å². The number of aliphatic hydroxyl groups is 1. The second kappa shape index (κ2) is 7.62. The summed E-state index contributed by atoms with van der Waals surface area (Å²) in [4.78, 5) is 8.91. The number of alkyl halides is 2. The van der Waals surface area contributed by atoms with E-state index in [4.69, 9.17) is 5.73 Å². The fourth-order valence-electron chi connectivity index (χ4n) is 4.14. The molecular formula is C20H23F2N9O. The number of nitrogens with one attached hydrogen (secondary N) is 1. The van der Waals surface area contributed by atoms with Gasteiger partial charge in [0.25, 0.3) is 6.43 Å². The number of nitrogens with two attached hydrogens (primary N) is 1. The minimum absolute atomic E-state index is 0.161. The van der Waals surface area contributed by atoms with Gasteiger partial charge in [-0.25, -0.2) is 23.0 Å².